The fraction of sp³-hybridized carbons (Fsp3) is 0.346. The Balaban J connectivity index is 1.68. The molecule has 0 saturated carbocycles. The molecule has 0 aromatic heterocycles. The Morgan fingerprint density at radius 2 is 1.71 bits per heavy atom. The minimum atomic E-state index is -0.750. The molecular formula is C26H28FNO3. The van der Waals surface area contributed by atoms with Crippen LogP contribution in [0.15, 0.2) is 60.7 Å². The van der Waals surface area contributed by atoms with Crippen molar-refractivity contribution in [1.29, 1.82) is 0 Å². The summed E-state index contributed by atoms with van der Waals surface area (Å²) in [7, 11) is 0. The van der Waals surface area contributed by atoms with Gasteiger partial charge in [0.1, 0.15) is 11.6 Å². The number of hydrogen-bond donors (Lipinski definition) is 1. The van der Waals surface area contributed by atoms with Crippen LogP contribution < -0.4 is 10.1 Å². The Kier molecular flexibility index (Phi) is 6.23. The minimum absolute atomic E-state index is 0.0941. The molecule has 5 heteroatoms. The lowest BCUT2D eigenvalue weighted by Crippen LogP contribution is -2.44. The summed E-state index contributed by atoms with van der Waals surface area (Å²) in [5.74, 6) is 0.821. The van der Waals surface area contributed by atoms with Gasteiger partial charge < -0.3 is 14.8 Å². The van der Waals surface area contributed by atoms with Crippen molar-refractivity contribution in [3.05, 3.63) is 72.0 Å². The summed E-state index contributed by atoms with van der Waals surface area (Å²) in [6, 6.07) is 18.0. The molecule has 1 amide bonds. The lowest BCUT2D eigenvalue weighted by atomic mass is 9.73. The second-order valence-electron chi connectivity index (χ2n) is 8.52. The third-order valence-electron chi connectivity index (χ3n) is 5.88. The Morgan fingerprint density at radius 3 is 2.39 bits per heavy atom. The van der Waals surface area contributed by atoms with Crippen molar-refractivity contribution in [3.63, 3.8) is 0 Å². The number of rotatable bonds is 6. The van der Waals surface area contributed by atoms with Crippen LogP contribution in [0.25, 0.3) is 10.8 Å². The Labute approximate surface area is 182 Å². The van der Waals surface area contributed by atoms with Gasteiger partial charge in [0.05, 0.1) is 12.0 Å². The molecule has 4 nitrogen and oxygen atoms in total. The normalized spacial score (nSPS) is 15.7. The number of fused-ring (bicyclic) bond motifs is 1. The summed E-state index contributed by atoms with van der Waals surface area (Å²) in [6.07, 6.45) is 1.11. The van der Waals surface area contributed by atoms with Crippen LogP contribution >= 0.6 is 0 Å². The van der Waals surface area contributed by atoms with Crippen molar-refractivity contribution in [2.75, 3.05) is 25.1 Å². The fourth-order valence-corrected chi connectivity index (χ4v) is 4.14. The third kappa shape index (κ3) is 4.42. The number of benzene rings is 3. The molecule has 1 aliphatic heterocycles. The molecule has 1 heterocycles. The van der Waals surface area contributed by atoms with Crippen LogP contribution in [0.3, 0.4) is 0 Å². The van der Waals surface area contributed by atoms with E-state index < -0.39 is 5.41 Å². The lowest BCUT2D eigenvalue weighted by Gasteiger charge is -2.36. The van der Waals surface area contributed by atoms with Crippen LogP contribution in [-0.2, 0) is 14.9 Å². The van der Waals surface area contributed by atoms with Crippen LogP contribution in [0, 0.1) is 11.7 Å². The molecule has 0 unspecified atom stereocenters. The van der Waals surface area contributed by atoms with Gasteiger partial charge in [0.2, 0.25) is 5.91 Å². The van der Waals surface area contributed by atoms with E-state index in [4.69, 9.17) is 9.47 Å². The van der Waals surface area contributed by atoms with E-state index in [-0.39, 0.29) is 11.7 Å². The zero-order chi connectivity index (χ0) is 21.8. The van der Waals surface area contributed by atoms with Crippen LogP contribution in [0.1, 0.15) is 32.3 Å². The van der Waals surface area contributed by atoms with Crippen LogP contribution in [0.2, 0.25) is 0 Å². The molecule has 1 N–H and O–H groups in total. The third-order valence-corrected chi connectivity index (χ3v) is 5.88. The summed E-state index contributed by atoms with van der Waals surface area (Å²) in [4.78, 5) is 13.6. The highest BCUT2D eigenvalue weighted by Crippen LogP contribution is 2.38. The first-order valence-corrected chi connectivity index (χ1v) is 10.8. The standard InChI is InChI=1S/C26H28FNO3/c1-18(2)17-31-24-12-11-23(21-5-3-4-6-22(21)24)28-25(29)26(13-15-30-16-14-26)19-7-9-20(27)10-8-19/h3-12,18H,13-17H2,1-2H3,(H,28,29). The molecule has 0 aliphatic carbocycles. The number of nitrogens with one attached hydrogen (secondary N) is 1. The second-order valence-corrected chi connectivity index (χ2v) is 8.52. The van der Waals surface area contributed by atoms with Crippen LogP contribution in [0.4, 0.5) is 10.1 Å². The topological polar surface area (TPSA) is 47.6 Å². The van der Waals surface area contributed by atoms with Gasteiger partial charge >= 0.3 is 0 Å². The first-order valence-electron chi connectivity index (χ1n) is 10.8. The molecule has 1 saturated heterocycles. The number of amides is 1. The Bertz CT molecular complexity index is 1060. The predicted molar refractivity (Wildman–Crippen MR) is 121 cm³/mol. The number of carbonyl (C=O) groups excluding carboxylic acids is 1. The molecule has 1 fully saturated rings. The first kappa shape index (κ1) is 21.3. The molecule has 0 spiro atoms. The number of hydrogen-bond acceptors (Lipinski definition) is 3. The maximum atomic E-state index is 13.6. The van der Waals surface area contributed by atoms with E-state index in [0.717, 1.165) is 27.8 Å². The summed E-state index contributed by atoms with van der Waals surface area (Å²) >= 11 is 0. The SMILES string of the molecule is CC(C)COc1ccc(NC(=O)C2(c3ccc(F)cc3)CCOCC2)c2ccccc12. The molecule has 0 atom stereocenters. The van der Waals surface area contributed by atoms with E-state index in [0.29, 0.717) is 38.6 Å². The van der Waals surface area contributed by atoms with Gasteiger partial charge in [0, 0.05) is 29.7 Å². The van der Waals surface area contributed by atoms with E-state index in [9.17, 15) is 9.18 Å². The lowest BCUT2D eigenvalue weighted by molar-refractivity contribution is -0.125. The van der Waals surface area contributed by atoms with Gasteiger partial charge in [-0.25, -0.2) is 4.39 Å². The van der Waals surface area contributed by atoms with Crippen molar-refractivity contribution in [2.24, 2.45) is 5.92 Å². The van der Waals surface area contributed by atoms with Crippen LogP contribution in [-0.4, -0.2) is 25.7 Å². The van der Waals surface area contributed by atoms with Crippen molar-refractivity contribution in [3.8, 4) is 5.75 Å². The number of ether oxygens (including phenoxy) is 2. The molecule has 162 valence electrons. The molecule has 0 bridgehead atoms. The molecule has 3 aromatic rings. The van der Waals surface area contributed by atoms with E-state index in [1.807, 2.05) is 36.4 Å². The van der Waals surface area contributed by atoms with Gasteiger partial charge in [-0.2, -0.15) is 0 Å². The molecule has 31 heavy (non-hydrogen) atoms. The van der Waals surface area contributed by atoms with Gasteiger partial charge in [-0.05, 0) is 48.6 Å². The van der Waals surface area contributed by atoms with Crippen molar-refractivity contribution in [2.45, 2.75) is 32.1 Å². The smallest absolute Gasteiger partial charge is 0.235 e. The van der Waals surface area contributed by atoms with Crippen molar-refractivity contribution >= 4 is 22.4 Å². The van der Waals surface area contributed by atoms with Gasteiger partial charge in [-0.15, -0.1) is 0 Å². The summed E-state index contributed by atoms with van der Waals surface area (Å²) in [5, 5.41) is 5.05. The quantitative estimate of drug-likeness (QED) is 0.555. The van der Waals surface area contributed by atoms with E-state index in [2.05, 4.69) is 19.2 Å². The van der Waals surface area contributed by atoms with E-state index >= 15 is 0 Å². The fourth-order valence-electron chi connectivity index (χ4n) is 4.14. The van der Waals surface area contributed by atoms with Gasteiger partial charge in [-0.3, -0.25) is 4.79 Å². The summed E-state index contributed by atoms with van der Waals surface area (Å²) in [5.41, 5.74) is 0.807. The highest BCUT2D eigenvalue weighted by Gasteiger charge is 2.42. The van der Waals surface area contributed by atoms with Crippen molar-refractivity contribution < 1.29 is 18.7 Å². The van der Waals surface area contributed by atoms with E-state index in [1.165, 1.54) is 12.1 Å². The molecular weight excluding hydrogens is 393 g/mol. The monoisotopic (exact) mass is 421 g/mol. The summed E-state index contributed by atoms with van der Waals surface area (Å²) in [6.45, 7) is 5.84. The molecule has 1 aliphatic rings. The molecule has 3 aromatic carbocycles. The predicted octanol–water partition coefficient (Wildman–Crippen LogP) is 5.70. The zero-order valence-electron chi connectivity index (χ0n) is 18.0. The second kappa shape index (κ2) is 9.06. The van der Waals surface area contributed by atoms with Crippen molar-refractivity contribution in [1.82, 2.24) is 0 Å². The Hall–Kier alpha value is -2.92. The molecule has 0 radical (unpaired) electrons. The summed E-state index contributed by atoms with van der Waals surface area (Å²) < 4.78 is 25.0. The minimum Gasteiger partial charge on any atom is -0.493 e. The first-order chi connectivity index (χ1) is 15.0. The number of anilines is 1. The van der Waals surface area contributed by atoms with Gasteiger partial charge in [0.25, 0.3) is 0 Å². The largest absolute Gasteiger partial charge is 0.493 e. The van der Waals surface area contributed by atoms with Gasteiger partial charge in [-0.1, -0.05) is 50.2 Å². The van der Waals surface area contributed by atoms with Crippen LogP contribution in [0.5, 0.6) is 5.75 Å². The molecule has 4 rings (SSSR count). The number of halogens is 1. The maximum Gasteiger partial charge on any atom is 0.235 e. The number of carbonyl (C=O) groups is 1. The highest BCUT2D eigenvalue weighted by molar-refractivity contribution is 6.07. The zero-order valence-corrected chi connectivity index (χ0v) is 18.0. The average molecular weight is 422 g/mol. The average Bonchev–Trinajstić information content (AvgIpc) is 2.79. The van der Waals surface area contributed by atoms with Gasteiger partial charge in [0.15, 0.2) is 0 Å². The highest BCUT2D eigenvalue weighted by atomic mass is 19.1. The Morgan fingerprint density at radius 1 is 1.03 bits per heavy atom. The maximum absolute atomic E-state index is 13.6. The van der Waals surface area contributed by atoms with E-state index in [1.54, 1.807) is 12.1 Å².